The molecule has 4 N–H and O–H groups in total. The zero-order chi connectivity index (χ0) is 11.4. The molecule has 1 aromatic rings. The minimum Gasteiger partial charge on any atom is -0.398 e. The van der Waals surface area contributed by atoms with E-state index in [0.717, 1.165) is 18.7 Å². The maximum absolute atomic E-state index is 6.06. The number of hydrogen-bond acceptors (Lipinski definition) is 3. The number of nitrogen functional groups attached to an aromatic ring is 1. The summed E-state index contributed by atoms with van der Waals surface area (Å²) in [4.78, 5) is 2.47. The molecule has 3 nitrogen and oxygen atoms in total. The van der Waals surface area contributed by atoms with Gasteiger partial charge in [-0.15, -0.1) is 0 Å². The third-order valence-electron chi connectivity index (χ3n) is 3.24. The summed E-state index contributed by atoms with van der Waals surface area (Å²) in [5.74, 6) is 0. The SMILES string of the molecule is NCCc1ccc(CN2CCCC2)c(N)c1. The number of nitrogens with two attached hydrogens (primary N) is 2. The summed E-state index contributed by atoms with van der Waals surface area (Å²) in [7, 11) is 0. The number of rotatable bonds is 4. The minimum absolute atomic E-state index is 0.685. The molecule has 16 heavy (non-hydrogen) atoms. The van der Waals surface area contributed by atoms with E-state index in [1.807, 2.05) is 0 Å². The van der Waals surface area contributed by atoms with Crippen molar-refractivity contribution in [3.05, 3.63) is 29.3 Å². The number of likely N-dealkylation sites (tertiary alicyclic amines) is 1. The second-order valence-electron chi connectivity index (χ2n) is 4.56. The minimum atomic E-state index is 0.685. The molecule has 0 unspecified atom stereocenters. The predicted molar refractivity (Wildman–Crippen MR) is 68.1 cm³/mol. The summed E-state index contributed by atoms with van der Waals surface area (Å²) in [5, 5.41) is 0. The van der Waals surface area contributed by atoms with Crippen LogP contribution in [0.25, 0.3) is 0 Å². The first-order chi connectivity index (χ1) is 7.79. The molecule has 1 aliphatic heterocycles. The van der Waals surface area contributed by atoms with Crippen molar-refractivity contribution >= 4 is 5.69 Å². The first-order valence-electron chi connectivity index (χ1n) is 6.09. The van der Waals surface area contributed by atoms with Gasteiger partial charge in [-0.25, -0.2) is 0 Å². The van der Waals surface area contributed by atoms with Crippen molar-refractivity contribution in [2.45, 2.75) is 25.8 Å². The highest BCUT2D eigenvalue weighted by Gasteiger charge is 2.12. The molecule has 0 bridgehead atoms. The fraction of sp³-hybridized carbons (Fsp3) is 0.538. The van der Waals surface area contributed by atoms with Crippen LogP contribution in [0, 0.1) is 0 Å². The Morgan fingerprint density at radius 3 is 2.56 bits per heavy atom. The van der Waals surface area contributed by atoms with Crippen LogP contribution >= 0.6 is 0 Å². The largest absolute Gasteiger partial charge is 0.398 e. The summed E-state index contributed by atoms with van der Waals surface area (Å²) in [6, 6.07) is 6.37. The third kappa shape index (κ3) is 2.74. The lowest BCUT2D eigenvalue weighted by Gasteiger charge is -2.16. The van der Waals surface area contributed by atoms with Crippen LogP contribution < -0.4 is 11.5 Å². The maximum atomic E-state index is 6.06. The molecule has 0 aliphatic carbocycles. The molecule has 1 aromatic carbocycles. The standard InChI is InChI=1S/C13H21N3/c14-6-5-11-3-4-12(13(15)9-11)10-16-7-1-2-8-16/h3-4,9H,1-2,5-8,10,14-15H2. The van der Waals surface area contributed by atoms with Crippen molar-refractivity contribution in [3.8, 4) is 0 Å². The van der Waals surface area contributed by atoms with Crippen LogP contribution in [0.2, 0.25) is 0 Å². The smallest absolute Gasteiger partial charge is 0.0362 e. The van der Waals surface area contributed by atoms with E-state index in [2.05, 4.69) is 23.1 Å². The van der Waals surface area contributed by atoms with Gasteiger partial charge in [0.25, 0.3) is 0 Å². The van der Waals surface area contributed by atoms with Crippen LogP contribution in [0.15, 0.2) is 18.2 Å². The van der Waals surface area contributed by atoms with Gasteiger partial charge in [0.1, 0.15) is 0 Å². The Hall–Kier alpha value is -1.06. The van der Waals surface area contributed by atoms with Crippen molar-refractivity contribution in [3.63, 3.8) is 0 Å². The van der Waals surface area contributed by atoms with Crippen LogP contribution in [-0.2, 0) is 13.0 Å². The van der Waals surface area contributed by atoms with Crippen molar-refractivity contribution in [2.24, 2.45) is 5.73 Å². The number of anilines is 1. The highest BCUT2D eigenvalue weighted by Crippen LogP contribution is 2.19. The van der Waals surface area contributed by atoms with E-state index < -0.39 is 0 Å². The molecule has 0 atom stereocenters. The highest BCUT2D eigenvalue weighted by atomic mass is 15.1. The topological polar surface area (TPSA) is 55.3 Å². The molecule has 0 amide bonds. The highest BCUT2D eigenvalue weighted by molar-refractivity contribution is 5.49. The molecule has 0 saturated carbocycles. The third-order valence-corrected chi connectivity index (χ3v) is 3.24. The Morgan fingerprint density at radius 2 is 1.94 bits per heavy atom. The number of hydrogen-bond donors (Lipinski definition) is 2. The molecular weight excluding hydrogens is 198 g/mol. The Kier molecular flexibility index (Phi) is 3.80. The van der Waals surface area contributed by atoms with Gasteiger partial charge in [-0.2, -0.15) is 0 Å². The van der Waals surface area contributed by atoms with Gasteiger partial charge in [-0.3, -0.25) is 4.90 Å². The maximum Gasteiger partial charge on any atom is 0.0362 e. The second kappa shape index (κ2) is 5.32. The van der Waals surface area contributed by atoms with E-state index in [0.29, 0.717) is 6.54 Å². The average Bonchev–Trinajstić information content (AvgIpc) is 2.75. The Morgan fingerprint density at radius 1 is 1.19 bits per heavy atom. The summed E-state index contributed by atoms with van der Waals surface area (Å²) in [5.41, 5.74) is 15.0. The fourth-order valence-corrected chi connectivity index (χ4v) is 2.29. The molecule has 2 rings (SSSR count). The van der Waals surface area contributed by atoms with Gasteiger partial charge in [-0.05, 0) is 56.1 Å². The van der Waals surface area contributed by atoms with E-state index >= 15 is 0 Å². The lowest BCUT2D eigenvalue weighted by atomic mass is 10.1. The van der Waals surface area contributed by atoms with E-state index in [9.17, 15) is 0 Å². The van der Waals surface area contributed by atoms with Crippen LogP contribution in [0.4, 0.5) is 5.69 Å². The molecule has 1 aliphatic rings. The van der Waals surface area contributed by atoms with E-state index in [1.54, 1.807) is 0 Å². The normalized spacial score (nSPS) is 16.8. The van der Waals surface area contributed by atoms with Gasteiger partial charge in [0.05, 0.1) is 0 Å². The molecule has 88 valence electrons. The quantitative estimate of drug-likeness (QED) is 0.752. The molecule has 1 fully saturated rings. The van der Waals surface area contributed by atoms with Gasteiger partial charge in [0.15, 0.2) is 0 Å². The fourth-order valence-electron chi connectivity index (χ4n) is 2.29. The van der Waals surface area contributed by atoms with Crippen LogP contribution in [0.3, 0.4) is 0 Å². The van der Waals surface area contributed by atoms with E-state index in [1.165, 1.54) is 37.1 Å². The lowest BCUT2D eigenvalue weighted by Crippen LogP contribution is -2.19. The molecule has 0 spiro atoms. The molecule has 1 heterocycles. The molecule has 0 radical (unpaired) electrons. The van der Waals surface area contributed by atoms with Crippen LogP contribution in [0.5, 0.6) is 0 Å². The predicted octanol–water partition coefficient (Wildman–Crippen LogP) is 1.37. The summed E-state index contributed by atoms with van der Waals surface area (Å²) in [6.45, 7) is 4.10. The molecule has 0 aromatic heterocycles. The van der Waals surface area contributed by atoms with Crippen molar-refractivity contribution in [2.75, 3.05) is 25.4 Å². The van der Waals surface area contributed by atoms with Crippen LogP contribution in [0.1, 0.15) is 24.0 Å². The zero-order valence-corrected chi connectivity index (χ0v) is 9.78. The van der Waals surface area contributed by atoms with Crippen molar-refractivity contribution < 1.29 is 0 Å². The van der Waals surface area contributed by atoms with Gasteiger partial charge in [0, 0.05) is 12.2 Å². The summed E-state index contributed by atoms with van der Waals surface area (Å²) >= 11 is 0. The molecule has 3 heteroatoms. The van der Waals surface area contributed by atoms with Gasteiger partial charge >= 0.3 is 0 Å². The Balaban J connectivity index is 2.03. The Labute approximate surface area is 97.4 Å². The van der Waals surface area contributed by atoms with Gasteiger partial charge in [0.2, 0.25) is 0 Å². The van der Waals surface area contributed by atoms with E-state index in [-0.39, 0.29) is 0 Å². The first kappa shape index (κ1) is 11.4. The molecule has 1 saturated heterocycles. The van der Waals surface area contributed by atoms with Crippen molar-refractivity contribution in [1.29, 1.82) is 0 Å². The Bertz CT molecular complexity index is 343. The zero-order valence-electron chi connectivity index (χ0n) is 9.78. The number of nitrogens with zero attached hydrogens (tertiary/aromatic N) is 1. The van der Waals surface area contributed by atoms with E-state index in [4.69, 9.17) is 11.5 Å². The summed E-state index contributed by atoms with van der Waals surface area (Å²) < 4.78 is 0. The van der Waals surface area contributed by atoms with Gasteiger partial charge < -0.3 is 11.5 Å². The monoisotopic (exact) mass is 219 g/mol. The second-order valence-corrected chi connectivity index (χ2v) is 4.56. The first-order valence-corrected chi connectivity index (χ1v) is 6.09. The molecular formula is C13H21N3. The lowest BCUT2D eigenvalue weighted by molar-refractivity contribution is 0.332. The van der Waals surface area contributed by atoms with Crippen LogP contribution in [-0.4, -0.2) is 24.5 Å². The van der Waals surface area contributed by atoms with Gasteiger partial charge in [-0.1, -0.05) is 12.1 Å². The number of benzene rings is 1. The summed E-state index contributed by atoms with van der Waals surface area (Å²) in [6.07, 6.45) is 3.56. The van der Waals surface area contributed by atoms with Crippen molar-refractivity contribution in [1.82, 2.24) is 4.90 Å². The average molecular weight is 219 g/mol.